The molecule has 0 spiro atoms. The van der Waals surface area contributed by atoms with Crippen molar-refractivity contribution >= 4 is 5.82 Å². The predicted octanol–water partition coefficient (Wildman–Crippen LogP) is 0.749. The lowest BCUT2D eigenvalue weighted by molar-refractivity contribution is 0.533. The predicted molar refractivity (Wildman–Crippen MR) is 63.6 cm³/mol. The van der Waals surface area contributed by atoms with Gasteiger partial charge < -0.3 is 10.2 Å². The van der Waals surface area contributed by atoms with Gasteiger partial charge in [0.25, 0.3) is 0 Å². The summed E-state index contributed by atoms with van der Waals surface area (Å²) in [4.78, 5) is 11.4. The fourth-order valence-corrected chi connectivity index (χ4v) is 2.72. The number of aryl methyl sites for hydroxylation is 2. The molecular formula is C12H18N4. The van der Waals surface area contributed by atoms with E-state index in [1.807, 2.05) is 20.0 Å². The summed E-state index contributed by atoms with van der Waals surface area (Å²) in [6.45, 7) is 8.64. The molecule has 0 bridgehead atoms. The number of hydrogen-bond acceptors (Lipinski definition) is 4. The maximum atomic E-state index is 4.63. The second-order valence-corrected chi connectivity index (χ2v) is 4.98. The van der Waals surface area contributed by atoms with Crippen LogP contribution < -0.4 is 10.2 Å². The average Bonchev–Trinajstić information content (AvgIpc) is 2.81. The Morgan fingerprint density at radius 3 is 2.50 bits per heavy atom. The van der Waals surface area contributed by atoms with Gasteiger partial charge in [-0.1, -0.05) is 0 Å². The molecule has 2 unspecified atom stereocenters. The molecule has 2 aliphatic rings. The number of hydrogen-bond donors (Lipinski definition) is 1. The highest BCUT2D eigenvalue weighted by Gasteiger charge is 2.36. The van der Waals surface area contributed by atoms with Crippen molar-refractivity contribution < 1.29 is 0 Å². The zero-order chi connectivity index (χ0) is 11.1. The van der Waals surface area contributed by atoms with E-state index in [2.05, 4.69) is 20.2 Å². The van der Waals surface area contributed by atoms with Crippen molar-refractivity contribution in [2.24, 2.45) is 11.8 Å². The van der Waals surface area contributed by atoms with Crippen LogP contribution in [0.4, 0.5) is 5.82 Å². The molecule has 2 aliphatic heterocycles. The van der Waals surface area contributed by atoms with Crippen molar-refractivity contribution in [2.75, 3.05) is 31.1 Å². The normalized spacial score (nSPS) is 28.5. The van der Waals surface area contributed by atoms with Crippen LogP contribution in [-0.4, -0.2) is 36.1 Å². The molecule has 3 heterocycles. The largest absolute Gasteiger partial charge is 0.355 e. The van der Waals surface area contributed by atoms with Gasteiger partial charge >= 0.3 is 0 Å². The molecule has 16 heavy (non-hydrogen) atoms. The first-order chi connectivity index (χ1) is 7.74. The molecule has 0 saturated carbocycles. The van der Waals surface area contributed by atoms with Gasteiger partial charge in [0.1, 0.15) is 5.82 Å². The zero-order valence-corrected chi connectivity index (χ0v) is 9.90. The Kier molecular flexibility index (Phi) is 2.32. The van der Waals surface area contributed by atoms with E-state index in [0.29, 0.717) is 0 Å². The number of nitrogens with zero attached hydrogens (tertiary/aromatic N) is 3. The fourth-order valence-electron chi connectivity index (χ4n) is 2.72. The number of rotatable bonds is 1. The minimum Gasteiger partial charge on any atom is -0.355 e. The molecule has 0 aliphatic carbocycles. The molecule has 4 nitrogen and oxygen atoms in total. The molecule has 2 atom stereocenters. The monoisotopic (exact) mass is 218 g/mol. The Morgan fingerprint density at radius 2 is 1.88 bits per heavy atom. The molecule has 2 fully saturated rings. The summed E-state index contributed by atoms with van der Waals surface area (Å²) in [7, 11) is 0. The van der Waals surface area contributed by atoms with E-state index in [-0.39, 0.29) is 0 Å². The molecule has 1 aromatic heterocycles. The Morgan fingerprint density at radius 1 is 1.19 bits per heavy atom. The van der Waals surface area contributed by atoms with Crippen LogP contribution in [0.3, 0.4) is 0 Å². The van der Waals surface area contributed by atoms with Crippen LogP contribution in [0.15, 0.2) is 6.20 Å². The van der Waals surface area contributed by atoms with Gasteiger partial charge in [-0.05, 0) is 25.7 Å². The van der Waals surface area contributed by atoms with Gasteiger partial charge in [0, 0.05) is 26.2 Å². The molecule has 2 saturated heterocycles. The molecular weight excluding hydrogens is 200 g/mol. The van der Waals surface area contributed by atoms with E-state index in [1.165, 1.54) is 13.1 Å². The quantitative estimate of drug-likeness (QED) is 0.755. The summed E-state index contributed by atoms with van der Waals surface area (Å²) < 4.78 is 0. The third-order valence-electron chi connectivity index (χ3n) is 3.89. The smallest absolute Gasteiger partial charge is 0.147 e. The van der Waals surface area contributed by atoms with Gasteiger partial charge in [0.15, 0.2) is 0 Å². The highest BCUT2D eigenvalue weighted by atomic mass is 15.2. The Labute approximate surface area is 96.1 Å². The summed E-state index contributed by atoms with van der Waals surface area (Å²) in [5.41, 5.74) is 2.08. The summed E-state index contributed by atoms with van der Waals surface area (Å²) in [5, 5.41) is 3.45. The lowest BCUT2D eigenvalue weighted by atomic mass is 10.0. The van der Waals surface area contributed by atoms with E-state index in [1.54, 1.807) is 0 Å². The first-order valence-electron chi connectivity index (χ1n) is 6.00. The summed E-state index contributed by atoms with van der Waals surface area (Å²) in [6, 6.07) is 0. The van der Waals surface area contributed by atoms with Gasteiger partial charge in [-0.3, -0.25) is 4.98 Å². The van der Waals surface area contributed by atoms with Crippen molar-refractivity contribution in [2.45, 2.75) is 13.8 Å². The van der Waals surface area contributed by atoms with E-state index in [9.17, 15) is 0 Å². The number of fused-ring (bicyclic) bond motifs is 1. The number of aromatic nitrogens is 2. The fraction of sp³-hybridized carbons (Fsp3) is 0.667. The Hall–Kier alpha value is -1.16. The van der Waals surface area contributed by atoms with Crippen LogP contribution in [0.25, 0.3) is 0 Å². The maximum Gasteiger partial charge on any atom is 0.147 e. The van der Waals surface area contributed by atoms with Gasteiger partial charge in [-0.25, -0.2) is 4.98 Å². The summed E-state index contributed by atoms with van der Waals surface area (Å²) in [5.74, 6) is 2.67. The SMILES string of the molecule is Cc1ncc(N2CC3CNCC3C2)nc1C. The molecule has 86 valence electrons. The Balaban J connectivity index is 1.81. The standard InChI is InChI=1S/C12H18N4/c1-8-9(2)15-12(5-14-8)16-6-10-3-13-4-11(10)7-16/h5,10-11,13H,3-4,6-7H2,1-2H3. The lowest BCUT2D eigenvalue weighted by Crippen LogP contribution is -2.26. The zero-order valence-electron chi connectivity index (χ0n) is 9.90. The van der Waals surface area contributed by atoms with Crippen molar-refractivity contribution in [1.82, 2.24) is 15.3 Å². The van der Waals surface area contributed by atoms with Crippen LogP contribution in [0.5, 0.6) is 0 Å². The van der Waals surface area contributed by atoms with Gasteiger partial charge in [-0.15, -0.1) is 0 Å². The molecule has 4 heteroatoms. The van der Waals surface area contributed by atoms with Crippen LogP contribution in [0.2, 0.25) is 0 Å². The highest BCUT2D eigenvalue weighted by molar-refractivity contribution is 5.39. The molecule has 0 radical (unpaired) electrons. The van der Waals surface area contributed by atoms with Crippen molar-refractivity contribution in [3.63, 3.8) is 0 Å². The minimum atomic E-state index is 0.809. The number of nitrogens with one attached hydrogen (secondary N) is 1. The van der Waals surface area contributed by atoms with E-state index < -0.39 is 0 Å². The van der Waals surface area contributed by atoms with Gasteiger partial charge in [0.2, 0.25) is 0 Å². The topological polar surface area (TPSA) is 41.1 Å². The lowest BCUT2D eigenvalue weighted by Gasteiger charge is -2.18. The maximum absolute atomic E-state index is 4.63. The molecule has 0 amide bonds. The van der Waals surface area contributed by atoms with Crippen molar-refractivity contribution in [1.29, 1.82) is 0 Å². The summed E-state index contributed by atoms with van der Waals surface area (Å²) in [6.07, 6.45) is 1.91. The Bertz CT molecular complexity index is 392. The van der Waals surface area contributed by atoms with E-state index in [0.717, 1.165) is 42.1 Å². The average molecular weight is 218 g/mol. The van der Waals surface area contributed by atoms with Crippen molar-refractivity contribution in [3.8, 4) is 0 Å². The van der Waals surface area contributed by atoms with Crippen LogP contribution in [0, 0.1) is 25.7 Å². The van der Waals surface area contributed by atoms with Crippen LogP contribution in [-0.2, 0) is 0 Å². The molecule has 3 rings (SSSR count). The minimum absolute atomic E-state index is 0.809. The van der Waals surface area contributed by atoms with Gasteiger partial charge in [-0.2, -0.15) is 0 Å². The molecule has 0 aromatic carbocycles. The summed E-state index contributed by atoms with van der Waals surface area (Å²) >= 11 is 0. The van der Waals surface area contributed by atoms with E-state index >= 15 is 0 Å². The van der Waals surface area contributed by atoms with Gasteiger partial charge in [0.05, 0.1) is 17.6 Å². The van der Waals surface area contributed by atoms with Crippen LogP contribution >= 0.6 is 0 Å². The number of anilines is 1. The van der Waals surface area contributed by atoms with E-state index in [4.69, 9.17) is 0 Å². The molecule has 1 N–H and O–H groups in total. The third-order valence-corrected chi connectivity index (χ3v) is 3.89. The van der Waals surface area contributed by atoms with Crippen molar-refractivity contribution in [3.05, 3.63) is 17.6 Å². The second-order valence-electron chi connectivity index (χ2n) is 4.98. The highest BCUT2D eigenvalue weighted by Crippen LogP contribution is 2.29. The first kappa shape index (κ1) is 10.0. The molecule has 1 aromatic rings. The third kappa shape index (κ3) is 1.57. The first-order valence-corrected chi connectivity index (χ1v) is 6.00. The van der Waals surface area contributed by atoms with Crippen LogP contribution in [0.1, 0.15) is 11.4 Å². The second kappa shape index (κ2) is 3.70.